The number of hydrogen-bond acceptors (Lipinski definition) is 2. The first-order valence-corrected chi connectivity index (χ1v) is 6.27. The van der Waals surface area contributed by atoms with E-state index in [1.54, 1.807) is 0 Å². The van der Waals surface area contributed by atoms with Gasteiger partial charge in [0.05, 0.1) is 0 Å². The van der Waals surface area contributed by atoms with Crippen molar-refractivity contribution in [1.82, 2.24) is 0 Å². The first kappa shape index (κ1) is 17.0. The summed E-state index contributed by atoms with van der Waals surface area (Å²) in [5.41, 5.74) is -0.914. The summed E-state index contributed by atoms with van der Waals surface area (Å²) in [6, 6.07) is 8.94. The molecule has 0 aliphatic rings. The van der Waals surface area contributed by atoms with Crippen molar-refractivity contribution in [3.05, 3.63) is 54.1 Å². The highest BCUT2D eigenvalue weighted by atomic mass is 19.4. The summed E-state index contributed by atoms with van der Waals surface area (Å²) in [4.78, 5) is 0. The van der Waals surface area contributed by atoms with Crippen molar-refractivity contribution in [2.24, 2.45) is 0 Å². The number of alkyl halides is 6. The predicted octanol–water partition coefficient (Wildman–Crippen LogP) is 5.39. The van der Waals surface area contributed by atoms with Crippen LogP contribution in [0.5, 0.6) is 17.2 Å². The number of hydrogen-bond donors (Lipinski definition) is 1. The Morgan fingerprint density at radius 2 is 1.09 bits per heavy atom. The van der Waals surface area contributed by atoms with E-state index in [9.17, 15) is 26.3 Å². The van der Waals surface area contributed by atoms with E-state index >= 15 is 0 Å². The van der Waals surface area contributed by atoms with Gasteiger partial charge in [0, 0.05) is 0 Å². The van der Waals surface area contributed by atoms with Crippen LogP contribution in [0.25, 0.3) is 0 Å². The minimum atomic E-state index is -5.43. The lowest BCUT2D eigenvalue weighted by Crippen LogP contribution is -2.34. The summed E-state index contributed by atoms with van der Waals surface area (Å²) < 4.78 is 80.9. The van der Waals surface area contributed by atoms with Gasteiger partial charge in [0.2, 0.25) is 0 Å². The van der Waals surface area contributed by atoms with E-state index in [0.29, 0.717) is 0 Å². The van der Waals surface area contributed by atoms with Crippen LogP contribution >= 0.6 is 0 Å². The Kier molecular flexibility index (Phi) is 4.44. The van der Waals surface area contributed by atoms with Gasteiger partial charge in [-0.1, -0.05) is 12.1 Å². The van der Waals surface area contributed by atoms with Gasteiger partial charge < -0.3 is 9.84 Å². The van der Waals surface area contributed by atoms with Crippen molar-refractivity contribution in [1.29, 1.82) is 0 Å². The van der Waals surface area contributed by atoms with Gasteiger partial charge in [-0.05, 0) is 42.0 Å². The Balaban J connectivity index is 2.22. The Hall–Kier alpha value is -2.38. The van der Waals surface area contributed by atoms with E-state index in [1.165, 1.54) is 24.3 Å². The molecule has 2 nitrogen and oxygen atoms in total. The van der Waals surface area contributed by atoms with Crippen LogP contribution in [0.15, 0.2) is 48.5 Å². The fraction of sp³-hybridized carbons (Fsp3) is 0.200. The summed E-state index contributed by atoms with van der Waals surface area (Å²) in [7, 11) is 0. The first-order chi connectivity index (χ1) is 10.6. The molecule has 0 aromatic heterocycles. The van der Waals surface area contributed by atoms with Crippen molar-refractivity contribution in [3.63, 3.8) is 0 Å². The molecule has 23 heavy (non-hydrogen) atoms. The second-order valence-electron chi connectivity index (χ2n) is 4.68. The van der Waals surface area contributed by atoms with E-state index in [1.807, 2.05) is 0 Å². The molecule has 2 aromatic rings. The van der Waals surface area contributed by atoms with E-state index in [-0.39, 0.29) is 17.2 Å². The van der Waals surface area contributed by atoms with Gasteiger partial charge in [-0.3, -0.25) is 0 Å². The largest absolute Gasteiger partial charge is 0.508 e. The van der Waals surface area contributed by atoms with Crippen LogP contribution in [0.4, 0.5) is 26.3 Å². The van der Waals surface area contributed by atoms with Crippen LogP contribution < -0.4 is 4.74 Å². The zero-order valence-electron chi connectivity index (χ0n) is 11.3. The third-order valence-corrected chi connectivity index (χ3v) is 2.94. The quantitative estimate of drug-likeness (QED) is 0.761. The van der Waals surface area contributed by atoms with E-state index in [0.717, 1.165) is 24.3 Å². The Labute approximate surface area is 126 Å². The summed E-state index contributed by atoms with van der Waals surface area (Å²) >= 11 is 0. The van der Waals surface area contributed by atoms with E-state index < -0.39 is 23.8 Å². The molecule has 0 atom stereocenters. The van der Waals surface area contributed by atoms with Crippen LogP contribution in [0.2, 0.25) is 0 Å². The second-order valence-corrected chi connectivity index (χ2v) is 4.68. The summed E-state index contributed by atoms with van der Waals surface area (Å²) in [6.07, 6.45) is -10.9. The van der Waals surface area contributed by atoms with Crippen LogP contribution in [-0.2, 0) is 0 Å². The maximum Gasteiger partial charge on any atom is 0.404 e. The summed E-state index contributed by atoms with van der Waals surface area (Å²) in [5, 5.41) is 9.10. The summed E-state index contributed by atoms with van der Waals surface area (Å²) in [5.74, 6) is -3.20. The molecule has 0 saturated carbocycles. The normalized spacial score (nSPS) is 12.5. The SMILES string of the molecule is Oc1ccc(Oc2ccc(C(C(F)(F)F)C(F)(F)F)cc2)cc1. The minimum absolute atomic E-state index is 0.00843. The van der Waals surface area contributed by atoms with Crippen molar-refractivity contribution in [3.8, 4) is 17.2 Å². The zero-order valence-corrected chi connectivity index (χ0v) is 11.3. The maximum absolute atomic E-state index is 12.6. The molecule has 0 amide bonds. The lowest BCUT2D eigenvalue weighted by atomic mass is 9.98. The van der Waals surface area contributed by atoms with Crippen LogP contribution in [-0.4, -0.2) is 17.5 Å². The Morgan fingerprint density at radius 3 is 1.48 bits per heavy atom. The highest BCUT2D eigenvalue weighted by molar-refractivity contribution is 5.37. The molecule has 0 aliphatic carbocycles. The standard InChI is InChI=1S/C15H10F6O2/c16-14(17,18)13(15(19,20)21)9-1-5-11(6-2-9)23-12-7-3-10(22)4-8-12/h1-8,13,22H. The van der Waals surface area contributed by atoms with Gasteiger partial charge in [0.15, 0.2) is 5.92 Å². The molecule has 0 heterocycles. The highest BCUT2D eigenvalue weighted by Crippen LogP contribution is 2.46. The van der Waals surface area contributed by atoms with Crippen LogP contribution in [0.3, 0.4) is 0 Å². The number of ether oxygens (including phenoxy) is 1. The van der Waals surface area contributed by atoms with Crippen molar-refractivity contribution < 1.29 is 36.2 Å². The van der Waals surface area contributed by atoms with Gasteiger partial charge in [0.25, 0.3) is 0 Å². The molecule has 0 unspecified atom stereocenters. The fourth-order valence-corrected chi connectivity index (χ4v) is 1.94. The Morgan fingerprint density at radius 1 is 0.696 bits per heavy atom. The van der Waals surface area contributed by atoms with Gasteiger partial charge in [-0.25, -0.2) is 0 Å². The number of aromatic hydroxyl groups is 1. The number of phenolic OH excluding ortho intramolecular Hbond substituents is 1. The minimum Gasteiger partial charge on any atom is -0.508 e. The molecule has 0 spiro atoms. The average Bonchev–Trinajstić information content (AvgIpc) is 2.40. The monoisotopic (exact) mass is 336 g/mol. The molecular formula is C15H10F6O2. The number of benzene rings is 2. The zero-order chi connectivity index (χ0) is 17.3. The van der Waals surface area contributed by atoms with Gasteiger partial charge >= 0.3 is 12.4 Å². The van der Waals surface area contributed by atoms with Crippen molar-refractivity contribution >= 4 is 0 Å². The topological polar surface area (TPSA) is 29.5 Å². The molecule has 0 bridgehead atoms. The second kappa shape index (κ2) is 6.02. The number of rotatable bonds is 3. The van der Waals surface area contributed by atoms with Crippen molar-refractivity contribution in [2.45, 2.75) is 18.3 Å². The molecule has 124 valence electrons. The average molecular weight is 336 g/mol. The van der Waals surface area contributed by atoms with Gasteiger partial charge in [0.1, 0.15) is 17.2 Å². The van der Waals surface area contributed by atoms with Crippen LogP contribution in [0.1, 0.15) is 11.5 Å². The predicted molar refractivity (Wildman–Crippen MR) is 69.5 cm³/mol. The number of phenols is 1. The fourth-order valence-electron chi connectivity index (χ4n) is 1.94. The third-order valence-electron chi connectivity index (χ3n) is 2.94. The molecule has 0 aliphatic heterocycles. The number of halogens is 6. The molecule has 2 aromatic carbocycles. The molecular weight excluding hydrogens is 326 g/mol. The molecule has 0 radical (unpaired) electrons. The molecule has 1 N–H and O–H groups in total. The van der Waals surface area contributed by atoms with Crippen LogP contribution in [0, 0.1) is 0 Å². The lowest BCUT2D eigenvalue weighted by Gasteiger charge is -2.23. The van der Waals surface area contributed by atoms with Gasteiger partial charge in [-0.15, -0.1) is 0 Å². The molecule has 8 heteroatoms. The molecule has 0 fully saturated rings. The van der Waals surface area contributed by atoms with Gasteiger partial charge in [-0.2, -0.15) is 26.3 Å². The third kappa shape index (κ3) is 4.30. The first-order valence-electron chi connectivity index (χ1n) is 6.27. The Bertz CT molecular complexity index is 630. The summed E-state index contributed by atoms with van der Waals surface area (Å²) in [6.45, 7) is 0. The molecule has 0 saturated heterocycles. The lowest BCUT2D eigenvalue weighted by molar-refractivity contribution is -0.253. The van der Waals surface area contributed by atoms with E-state index in [4.69, 9.17) is 9.84 Å². The maximum atomic E-state index is 12.6. The molecule has 2 rings (SSSR count). The highest BCUT2D eigenvalue weighted by Gasteiger charge is 2.57. The van der Waals surface area contributed by atoms with E-state index in [2.05, 4.69) is 0 Å². The van der Waals surface area contributed by atoms with Crippen molar-refractivity contribution in [2.75, 3.05) is 0 Å². The smallest absolute Gasteiger partial charge is 0.404 e.